The SMILES string of the molecule is NC(=O)Nc1sc(Br)cc1C(=O)NC1=CNC=CC=C1. The van der Waals surface area contributed by atoms with E-state index < -0.39 is 6.03 Å². The Labute approximate surface area is 127 Å². The molecule has 0 atom stereocenters. The van der Waals surface area contributed by atoms with Crippen molar-refractivity contribution < 1.29 is 9.59 Å². The highest BCUT2D eigenvalue weighted by Gasteiger charge is 2.17. The van der Waals surface area contributed by atoms with Crippen LogP contribution in [0.2, 0.25) is 0 Å². The Balaban J connectivity index is 2.16. The van der Waals surface area contributed by atoms with Gasteiger partial charge in [-0.25, -0.2) is 4.79 Å². The fraction of sp³-hybridized carbons (Fsp3) is 0. The molecule has 2 heterocycles. The maximum atomic E-state index is 12.2. The number of nitrogens with two attached hydrogens (primary N) is 1. The maximum absolute atomic E-state index is 12.2. The predicted octanol–water partition coefficient (Wildman–Crippen LogP) is 2.25. The topological polar surface area (TPSA) is 96.2 Å². The van der Waals surface area contributed by atoms with Crippen LogP contribution >= 0.6 is 27.3 Å². The van der Waals surface area contributed by atoms with Gasteiger partial charge in [-0.1, -0.05) is 6.08 Å². The maximum Gasteiger partial charge on any atom is 0.317 e. The first-order chi connectivity index (χ1) is 9.56. The summed E-state index contributed by atoms with van der Waals surface area (Å²) in [6, 6.07) is 0.908. The van der Waals surface area contributed by atoms with Crippen LogP contribution in [0.15, 0.2) is 46.2 Å². The van der Waals surface area contributed by atoms with E-state index in [4.69, 9.17) is 5.73 Å². The fourth-order valence-electron chi connectivity index (χ4n) is 1.47. The number of rotatable bonds is 3. The van der Waals surface area contributed by atoms with Gasteiger partial charge in [-0.15, -0.1) is 11.3 Å². The normalized spacial score (nSPS) is 13.2. The van der Waals surface area contributed by atoms with E-state index in [-0.39, 0.29) is 5.91 Å². The molecule has 3 amide bonds. The summed E-state index contributed by atoms with van der Waals surface area (Å²) in [5.41, 5.74) is 6.02. The van der Waals surface area contributed by atoms with Gasteiger partial charge in [0.2, 0.25) is 0 Å². The summed E-state index contributed by atoms with van der Waals surface area (Å²) < 4.78 is 0.719. The van der Waals surface area contributed by atoms with Gasteiger partial charge in [0.1, 0.15) is 5.00 Å². The first-order valence-corrected chi connectivity index (χ1v) is 7.14. The van der Waals surface area contributed by atoms with Gasteiger partial charge in [-0.3, -0.25) is 10.1 Å². The second-order valence-electron chi connectivity index (χ2n) is 3.72. The van der Waals surface area contributed by atoms with E-state index in [1.54, 1.807) is 36.7 Å². The molecule has 0 unspecified atom stereocenters. The van der Waals surface area contributed by atoms with E-state index in [0.29, 0.717) is 16.3 Å². The van der Waals surface area contributed by atoms with Crippen molar-refractivity contribution in [2.45, 2.75) is 0 Å². The number of primary amides is 1. The Hall–Kier alpha value is -2.06. The Kier molecular flexibility index (Phi) is 4.59. The monoisotopic (exact) mass is 354 g/mol. The van der Waals surface area contributed by atoms with Gasteiger partial charge < -0.3 is 16.4 Å². The van der Waals surface area contributed by atoms with Gasteiger partial charge in [0.05, 0.1) is 15.0 Å². The van der Waals surface area contributed by atoms with Crippen LogP contribution in [0.3, 0.4) is 0 Å². The third-order valence-electron chi connectivity index (χ3n) is 2.26. The molecule has 0 saturated carbocycles. The fourth-order valence-corrected chi connectivity index (χ4v) is 2.97. The minimum absolute atomic E-state index is 0.338. The van der Waals surface area contributed by atoms with Gasteiger partial charge in [0.15, 0.2) is 0 Å². The predicted molar refractivity (Wildman–Crippen MR) is 82.2 cm³/mol. The molecule has 1 aliphatic rings. The Morgan fingerprint density at radius 2 is 2.10 bits per heavy atom. The first kappa shape index (κ1) is 14.4. The van der Waals surface area contributed by atoms with Crippen LogP contribution in [0.4, 0.5) is 9.80 Å². The van der Waals surface area contributed by atoms with Crippen molar-refractivity contribution in [1.82, 2.24) is 10.6 Å². The summed E-state index contributed by atoms with van der Waals surface area (Å²) in [6.07, 6.45) is 8.73. The molecule has 6 nitrogen and oxygen atoms in total. The molecule has 0 aliphatic carbocycles. The van der Waals surface area contributed by atoms with E-state index in [1.807, 2.05) is 0 Å². The zero-order chi connectivity index (χ0) is 14.5. The summed E-state index contributed by atoms with van der Waals surface area (Å²) in [4.78, 5) is 23.1. The number of halogens is 1. The molecule has 0 bridgehead atoms. The molecule has 0 radical (unpaired) electrons. The van der Waals surface area contributed by atoms with Gasteiger partial charge in [-0.2, -0.15) is 0 Å². The molecule has 2 rings (SSSR count). The molecule has 20 heavy (non-hydrogen) atoms. The number of urea groups is 1. The lowest BCUT2D eigenvalue weighted by Crippen LogP contribution is -2.25. The average Bonchev–Trinajstić information content (AvgIpc) is 2.59. The highest BCUT2D eigenvalue weighted by atomic mass is 79.9. The molecule has 0 aromatic carbocycles. The largest absolute Gasteiger partial charge is 0.366 e. The van der Waals surface area contributed by atoms with Gasteiger partial charge in [0, 0.05) is 12.4 Å². The van der Waals surface area contributed by atoms with Crippen LogP contribution in [0, 0.1) is 0 Å². The lowest BCUT2D eigenvalue weighted by atomic mass is 10.3. The van der Waals surface area contributed by atoms with Crippen molar-refractivity contribution in [2.24, 2.45) is 5.73 Å². The number of allylic oxidation sites excluding steroid dienone is 3. The summed E-state index contributed by atoms with van der Waals surface area (Å²) in [5.74, 6) is -0.338. The van der Waals surface area contributed by atoms with Gasteiger partial charge >= 0.3 is 6.03 Å². The summed E-state index contributed by atoms with van der Waals surface area (Å²) in [6.45, 7) is 0. The number of hydrogen-bond acceptors (Lipinski definition) is 4. The van der Waals surface area contributed by atoms with Crippen LogP contribution in [0.5, 0.6) is 0 Å². The lowest BCUT2D eigenvalue weighted by Gasteiger charge is -2.06. The van der Waals surface area contributed by atoms with E-state index in [2.05, 4.69) is 31.9 Å². The Morgan fingerprint density at radius 3 is 2.85 bits per heavy atom. The van der Waals surface area contributed by atoms with Crippen LogP contribution in [-0.4, -0.2) is 11.9 Å². The molecule has 8 heteroatoms. The molecule has 1 aromatic rings. The zero-order valence-electron chi connectivity index (χ0n) is 10.1. The number of carbonyl (C=O) groups excluding carboxylic acids is 2. The van der Waals surface area contributed by atoms with E-state index in [1.165, 1.54) is 11.3 Å². The van der Waals surface area contributed by atoms with Crippen LogP contribution < -0.4 is 21.7 Å². The van der Waals surface area contributed by atoms with Crippen LogP contribution in [-0.2, 0) is 0 Å². The summed E-state index contributed by atoms with van der Waals surface area (Å²) in [5, 5.41) is 8.44. The standard InChI is InChI=1S/C12H11BrN4O2S/c13-9-5-8(11(20-9)17-12(14)19)10(18)16-7-3-1-2-4-15-6-7/h1-6,15H,(H,16,18)(H3,14,17,19). The van der Waals surface area contributed by atoms with E-state index in [0.717, 1.165) is 3.79 Å². The Bertz CT molecular complexity index is 633. The Morgan fingerprint density at radius 1 is 1.30 bits per heavy atom. The van der Waals surface area contributed by atoms with Crippen molar-refractivity contribution in [3.8, 4) is 0 Å². The minimum atomic E-state index is -0.715. The molecule has 0 spiro atoms. The van der Waals surface area contributed by atoms with Crippen molar-refractivity contribution in [3.63, 3.8) is 0 Å². The second kappa shape index (κ2) is 6.40. The van der Waals surface area contributed by atoms with Crippen molar-refractivity contribution >= 4 is 44.2 Å². The highest BCUT2D eigenvalue weighted by Crippen LogP contribution is 2.32. The molecule has 5 N–H and O–H groups in total. The van der Waals surface area contributed by atoms with E-state index >= 15 is 0 Å². The quantitative estimate of drug-likeness (QED) is 0.670. The van der Waals surface area contributed by atoms with Gasteiger partial charge in [-0.05, 0) is 34.1 Å². The molecular formula is C12H11BrN4O2S. The number of thiophene rings is 1. The van der Waals surface area contributed by atoms with Crippen LogP contribution in [0.1, 0.15) is 10.4 Å². The number of nitrogens with one attached hydrogen (secondary N) is 3. The van der Waals surface area contributed by atoms with E-state index in [9.17, 15) is 9.59 Å². The summed E-state index contributed by atoms with van der Waals surface area (Å²) >= 11 is 4.49. The lowest BCUT2D eigenvalue weighted by molar-refractivity contribution is 0.0968. The van der Waals surface area contributed by atoms with Crippen molar-refractivity contribution in [1.29, 1.82) is 0 Å². The summed E-state index contributed by atoms with van der Waals surface area (Å²) in [7, 11) is 0. The third-order valence-corrected chi connectivity index (χ3v) is 3.81. The molecule has 0 saturated heterocycles. The number of amides is 3. The first-order valence-electron chi connectivity index (χ1n) is 5.53. The zero-order valence-corrected chi connectivity index (χ0v) is 12.5. The minimum Gasteiger partial charge on any atom is -0.366 e. The third kappa shape index (κ3) is 3.72. The molecule has 104 valence electrons. The van der Waals surface area contributed by atoms with Crippen LogP contribution in [0.25, 0.3) is 0 Å². The molecule has 1 aromatic heterocycles. The van der Waals surface area contributed by atoms with Crippen molar-refractivity contribution in [2.75, 3.05) is 5.32 Å². The number of hydrogen-bond donors (Lipinski definition) is 4. The van der Waals surface area contributed by atoms with Crippen molar-refractivity contribution in [3.05, 3.63) is 51.7 Å². The average molecular weight is 355 g/mol. The second-order valence-corrected chi connectivity index (χ2v) is 6.15. The molecule has 0 fully saturated rings. The number of carbonyl (C=O) groups is 2. The van der Waals surface area contributed by atoms with Gasteiger partial charge in [0.25, 0.3) is 5.91 Å². The smallest absolute Gasteiger partial charge is 0.317 e. The molecular weight excluding hydrogens is 344 g/mol. The highest BCUT2D eigenvalue weighted by molar-refractivity contribution is 9.11. The molecule has 1 aliphatic heterocycles. The number of anilines is 1.